The van der Waals surface area contributed by atoms with Gasteiger partial charge in [0.05, 0.1) is 28.5 Å². The van der Waals surface area contributed by atoms with E-state index < -0.39 is 0 Å². The van der Waals surface area contributed by atoms with Crippen LogP contribution in [0.5, 0.6) is 0 Å². The van der Waals surface area contributed by atoms with Crippen LogP contribution in [-0.2, 0) is 0 Å². The van der Waals surface area contributed by atoms with E-state index in [9.17, 15) is 9.59 Å². The van der Waals surface area contributed by atoms with Crippen LogP contribution in [0.2, 0.25) is 0 Å². The Bertz CT molecular complexity index is 1580. The van der Waals surface area contributed by atoms with Gasteiger partial charge in [-0.1, -0.05) is 36.4 Å². The van der Waals surface area contributed by atoms with Crippen LogP contribution in [-0.4, -0.2) is 26.8 Å². The minimum atomic E-state index is -0.239. The number of fused-ring (bicyclic) bond motifs is 1. The van der Waals surface area contributed by atoms with Crippen LogP contribution in [0.1, 0.15) is 44.9 Å². The zero-order valence-electron chi connectivity index (χ0n) is 20.5. The number of hydrogen-bond acceptors (Lipinski definition) is 5. The van der Waals surface area contributed by atoms with Gasteiger partial charge in [0.25, 0.3) is 11.8 Å². The smallest absolute Gasteiger partial charge is 0.256 e. The fourth-order valence-corrected chi connectivity index (χ4v) is 4.04. The number of amides is 2. The summed E-state index contributed by atoms with van der Waals surface area (Å²) in [7, 11) is 0. The van der Waals surface area contributed by atoms with E-state index in [1.165, 1.54) is 6.20 Å². The Morgan fingerprint density at radius 2 is 1.65 bits per heavy atom. The molecular formula is C30H25N5O2. The maximum atomic E-state index is 13.2. The van der Waals surface area contributed by atoms with Gasteiger partial charge in [-0.05, 0) is 61.9 Å². The highest BCUT2D eigenvalue weighted by Crippen LogP contribution is 2.24. The molecule has 0 saturated heterocycles. The lowest BCUT2D eigenvalue weighted by Gasteiger charge is -2.13. The normalized spacial score (nSPS) is 11.6. The van der Waals surface area contributed by atoms with Crippen molar-refractivity contribution in [2.45, 2.75) is 19.9 Å². The van der Waals surface area contributed by atoms with E-state index >= 15 is 0 Å². The highest BCUT2D eigenvalue weighted by Gasteiger charge is 2.15. The lowest BCUT2D eigenvalue weighted by Crippen LogP contribution is -2.27. The van der Waals surface area contributed by atoms with E-state index in [0.29, 0.717) is 22.3 Å². The minimum Gasteiger partial charge on any atom is -0.344 e. The third-order valence-corrected chi connectivity index (χ3v) is 6.04. The van der Waals surface area contributed by atoms with Crippen LogP contribution in [0.3, 0.4) is 0 Å². The van der Waals surface area contributed by atoms with Crippen molar-refractivity contribution in [2.75, 3.05) is 5.32 Å². The first-order valence-electron chi connectivity index (χ1n) is 11.9. The molecule has 3 heterocycles. The standard InChI is InChI=1S/C30H25N5O2/c1-19-10-13-27(32-17-19)24-7-3-4-8-25(24)30(37)35-23-12-11-21-15-22(18-33-28(21)16-23)29(36)34-20(2)26-9-5-6-14-31-26/h3-18,20H,1-2H3,(H,34,36)(H,35,37)/t20-/m1/s1. The summed E-state index contributed by atoms with van der Waals surface area (Å²) in [5.41, 5.74) is 5.59. The number of aromatic nitrogens is 3. The van der Waals surface area contributed by atoms with Crippen LogP contribution in [0.4, 0.5) is 5.69 Å². The van der Waals surface area contributed by atoms with E-state index in [1.54, 1.807) is 36.7 Å². The van der Waals surface area contributed by atoms with Crippen molar-refractivity contribution >= 4 is 28.4 Å². The van der Waals surface area contributed by atoms with Gasteiger partial charge in [-0.2, -0.15) is 0 Å². The van der Waals surface area contributed by atoms with Gasteiger partial charge in [0, 0.05) is 40.8 Å². The molecule has 0 saturated carbocycles. The molecule has 0 bridgehead atoms. The highest BCUT2D eigenvalue weighted by molar-refractivity contribution is 6.09. The average molecular weight is 488 g/mol. The summed E-state index contributed by atoms with van der Waals surface area (Å²) in [5.74, 6) is -0.469. The summed E-state index contributed by atoms with van der Waals surface area (Å²) in [6.07, 6.45) is 5.02. The summed E-state index contributed by atoms with van der Waals surface area (Å²) < 4.78 is 0. The molecule has 7 heteroatoms. The maximum Gasteiger partial charge on any atom is 0.256 e. The fraction of sp³-hybridized carbons (Fsp3) is 0.100. The van der Waals surface area contributed by atoms with Gasteiger partial charge in [-0.25, -0.2) is 0 Å². The van der Waals surface area contributed by atoms with Gasteiger partial charge in [0.2, 0.25) is 0 Å². The van der Waals surface area contributed by atoms with E-state index in [1.807, 2.05) is 68.4 Å². The molecule has 0 spiro atoms. The van der Waals surface area contributed by atoms with Crippen molar-refractivity contribution in [3.63, 3.8) is 0 Å². The van der Waals surface area contributed by atoms with Gasteiger partial charge in [-0.3, -0.25) is 24.5 Å². The van der Waals surface area contributed by atoms with Gasteiger partial charge in [0.15, 0.2) is 0 Å². The molecule has 2 N–H and O–H groups in total. The van der Waals surface area contributed by atoms with Gasteiger partial charge >= 0.3 is 0 Å². The van der Waals surface area contributed by atoms with E-state index in [-0.39, 0.29) is 17.9 Å². The zero-order chi connectivity index (χ0) is 25.8. The van der Waals surface area contributed by atoms with Gasteiger partial charge in [-0.15, -0.1) is 0 Å². The first-order valence-corrected chi connectivity index (χ1v) is 11.9. The van der Waals surface area contributed by atoms with Crippen molar-refractivity contribution in [3.05, 3.63) is 120 Å². The summed E-state index contributed by atoms with van der Waals surface area (Å²) in [5, 5.41) is 6.70. The van der Waals surface area contributed by atoms with E-state index in [0.717, 1.165) is 27.9 Å². The highest BCUT2D eigenvalue weighted by atomic mass is 16.2. The topological polar surface area (TPSA) is 96.9 Å². The fourth-order valence-electron chi connectivity index (χ4n) is 4.04. The van der Waals surface area contributed by atoms with Crippen LogP contribution >= 0.6 is 0 Å². The number of carbonyl (C=O) groups excluding carboxylic acids is 2. The second-order valence-corrected chi connectivity index (χ2v) is 8.80. The van der Waals surface area contributed by atoms with Crippen molar-refractivity contribution in [3.8, 4) is 11.3 Å². The predicted molar refractivity (Wildman–Crippen MR) is 144 cm³/mol. The first kappa shape index (κ1) is 23.8. The number of aryl methyl sites for hydroxylation is 1. The Hall–Kier alpha value is -4.91. The molecule has 0 aliphatic carbocycles. The molecule has 5 rings (SSSR count). The van der Waals surface area contributed by atoms with Crippen LogP contribution < -0.4 is 10.6 Å². The number of nitrogens with one attached hydrogen (secondary N) is 2. The maximum absolute atomic E-state index is 13.2. The summed E-state index contributed by atoms with van der Waals surface area (Å²) in [6, 6.07) is 23.8. The summed E-state index contributed by atoms with van der Waals surface area (Å²) >= 11 is 0. The Morgan fingerprint density at radius 3 is 2.43 bits per heavy atom. The molecule has 5 aromatic rings. The zero-order valence-corrected chi connectivity index (χ0v) is 20.5. The second-order valence-electron chi connectivity index (χ2n) is 8.80. The van der Waals surface area contributed by atoms with E-state index in [2.05, 4.69) is 25.6 Å². The molecule has 2 aromatic carbocycles. The molecule has 1 atom stereocenters. The number of pyridine rings is 3. The van der Waals surface area contributed by atoms with Crippen LogP contribution in [0.25, 0.3) is 22.2 Å². The lowest BCUT2D eigenvalue weighted by molar-refractivity contribution is 0.0938. The van der Waals surface area contributed by atoms with Crippen molar-refractivity contribution in [2.24, 2.45) is 0 Å². The number of anilines is 1. The number of benzene rings is 2. The van der Waals surface area contributed by atoms with Gasteiger partial charge < -0.3 is 10.6 Å². The molecule has 37 heavy (non-hydrogen) atoms. The average Bonchev–Trinajstić information content (AvgIpc) is 2.93. The SMILES string of the molecule is Cc1ccc(-c2ccccc2C(=O)Nc2ccc3cc(C(=O)N[C@H](C)c4ccccn4)cnc3c2)nc1. The minimum absolute atomic E-state index is 0.230. The quantitative estimate of drug-likeness (QED) is 0.318. The lowest BCUT2D eigenvalue weighted by atomic mass is 10.0. The largest absolute Gasteiger partial charge is 0.344 e. The first-order chi connectivity index (χ1) is 18.0. The molecule has 2 amide bonds. The number of hydrogen-bond donors (Lipinski definition) is 2. The second kappa shape index (κ2) is 10.4. The number of nitrogens with zero attached hydrogens (tertiary/aromatic N) is 3. The van der Waals surface area contributed by atoms with Gasteiger partial charge in [0.1, 0.15) is 0 Å². The third kappa shape index (κ3) is 5.36. The molecule has 0 aliphatic heterocycles. The third-order valence-electron chi connectivity index (χ3n) is 6.04. The molecule has 0 radical (unpaired) electrons. The molecular weight excluding hydrogens is 462 g/mol. The van der Waals surface area contributed by atoms with Crippen molar-refractivity contribution in [1.29, 1.82) is 0 Å². The monoisotopic (exact) mass is 487 g/mol. The Morgan fingerprint density at radius 1 is 0.811 bits per heavy atom. The molecule has 7 nitrogen and oxygen atoms in total. The predicted octanol–water partition coefficient (Wildman–Crippen LogP) is 5.74. The van der Waals surface area contributed by atoms with E-state index in [4.69, 9.17) is 0 Å². The van der Waals surface area contributed by atoms with Crippen molar-refractivity contribution < 1.29 is 9.59 Å². The number of rotatable bonds is 6. The van der Waals surface area contributed by atoms with Crippen LogP contribution in [0.15, 0.2) is 97.5 Å². The van der Waals surface area contributed by atoms with Crippen molar-refractivity contribution in [1.82, 2.24) is 20.3 Å². The number of carbonyl (C=O) groups is 2. The Balaban J connectivity index is 1.33. The van der Waals surface area contributed by atoms with Crippen LogP contribution in [0, 0.1) is 6.92 Å². The Kier molecular flexibility index (Phi) is 6.68. The molecule has 0 fully saturated rings. The molecule has 3 aromatic heterocycles. The molecule has 182 valence electrons. The molecule has 0 aliphatic rings. The molecule has 0 unspecified atom stereocenters. The summed E-state index contributed by atoms with van der Waals surface area (Å²) in [4.78, 5) is 39.1. The Labute approximate surface area is 214 Å². The summed E-state index contributed by atoms with van der Waals surface area (Å²) in [6.45, 7) is 3.86.